The van der Waals surface area contributed by atoms with Gasteiger partial charge in [0, 0.05) is 18.5 Å². The van der Waals surface area contributed by atoms with Crippen LogP contribution in [0.2, 0.25) is 5.02 Å². The highest BCUT2D eigenvalue weighted by Crippen LogP contribution is 2.37. The molecule has 2 heterocycles. The van der Waals surface area contributed by atoms with Crippen LogP contribution in [0.15, 0.2) is 30.4 Å². The Balaban J connectivity index is 2.01. The van der Waals surface area contributed by atoms with Crippen LogP contribution in [0.4, 0.5) is 0 Å². The maximum absolute atomic E-state index is 12.6. The Morgan fingerprint density at radius 1 is 1.24 bits per heavy atom. The van der Waals surface area contributed by atoms with Crippen LogP contribution in [0.25, 0.3) is 0 Å². The van der Waals surface area contributed by atoms with Crippen LogP contribution in [0.3, 0.4) is 0 Å². The van der Waals surface area contributed by atoms with Gasteiger partial charge >= 0.3 is 0 Å². The number of ketones is 1. The smallest absolute Gasteiger partial charge is 0.255 e. The van der Waals surface area contributed by atoms with Crippen molar-refractivity contribution >= 4 is 23.3 Å². The number of hydrogen-bond donors (Lipinski definition) is 3. The molecule has 7 heteroatoms. The van der Waals surface area contributed by atoms with Crippen molar-refractivity contribution in [3.63, 3.8) is 0 Å². The van der Waals surface area contributed by atoms with Crippen molar-refractivity contribution in [1.29, 1.82) is 0 Å². The number of fused-ring (bicyclic) bond motifs is 2. The van der Waals surface area contributed by atoms with Crippen molar-refractivity contribution < 1.29 is 24.5 Å². The first-order chi connectivity index (χ1) is 11.9. The number of phenolic OH excluding ortho intramolecular Hbond substituents is 2. The summed E-state index contributed by atoms with van der Waals surface area (Å²) in [5.41, 5.74) is -0.00243. The first kappa shape index (κ1) is 17.5. The van der Waals surface area contributed by atoms with Crippen molar-refractivity contribution in [3.05, 3.63) is 46.5 Å². The van der Waals surface area contributed by atoms with Gasteiger partial charge in [0.25, 0.3) is 5.91 Å². The average molecular weight is 364 g/mol. The lowest BCUT2D eigenvalue weighted by molar-refractivity contribution is -0.114. The summed E-state index contributed by atoms with van der Waals surface area (Å²) in [5, 5.41) is 22.6. The highest BCUT2D eigenvalue weighted by atomic mass is 35.5. The summed E-state index contributed by atoms with van der Waals surface area (Å²) in [6.07, 6.45) is 6.92. The van der Waals surface area contributed by atoms with Crippen LogP contribution in [0.5, 0.6) is 11.5 Å². The Kier molecular flexibility index (Phi) is 4.83. The number of rotatable bonds is 0. The van der Waals surface area contributed by atoms with Crippen LogP contribution < -0.4 is 5.32 Å². The van der Waals surface area contributed by atoms with Gasteiger partial charge in [-0.05, 0) is 25.0 Å². The summed E-state index contributed by atoms with van der Waals surface area (Å²) in [5.74, 6) is -1.68. The van der Waals surface area contributed by atoms with E-state index in [0.29, 0.717) is 6.42 Å². The molecule has 3 rings (SSSR count). The molecule has 0 spiro atoms. The van der Waals surface area contributed by atoms with E-state index in [-0.39, 0.29) is 52.4 Å². The van der Waals surface area contributed by atoms with Crippen LogP contribution in [-0.4, -0.2) is 40.2 Å². The Morgan fingerprint density at radius 3 is 2.76 bits per heavy atom. The fraction of sp³-hybridized carbons (Fsp3) is 0.333. The van der Waals surface area contributed by atoms with E-state index in [1.807, 2.05) is 13.0 Å². The molecule has 1 amide bonds. The number of epoxide rings is 1. The van der Waals surface area contributed by atoms with E-state index in [1.165, 1.54) is 6.08 Å². The summed E-state index contributed by atoms with van der Waals surface area (Å²) in [6.45, 7) is 1.83. The number of nitrogens with one attached hydrogen (secondary N) is 1. The van der Waals surface area contributed by atoms with Crippen molar-refractivity contribution in [3.8, 4) is 11.5 Å². The fourth-order valence-electron chi connectivity index (χ4n) is 2.89. The molecule has 3 atom stereocenters. The molecule has 2 aliphatic heterocycles. The summed E-state index contributed by atoms with van der Waals surface area (Å²) in [7, 11) is 0. The molecule has 0 aromatic heterocycles. The first-order valence-corrected chi connectivity index (χ1v) is 8.32. The van der Waals surface area contributed by atoms with Crippen LogP contribution in [-0.2, 0) is 16.0 Å². The third-order valence-corrected chi connectivity index (χ3v) is 4.60. The molecule has 1 saturated heterocycles. The lowest BCUT2D eigenvalue weighted by Gasteiger charge is -2.17. The summed E-state index contributed by atoms with van der Waals surface area (Å²) >= 11 is 6.08. The highest BCUT2D eigenvalue weighted by molar-refractivity contribution is 6.33. The molecule has 1 unspecified atom stereocenters. The molecule has 0 radical (unpaired) electrons. The normalized spacial score (nSPS) is 29.0. The number of carbonyl (C=O) groups is 2. The number of halogens is 1. The predicted molar refractivity (Wildman–Crippen MR) is 92.0 cm³/mol. The molecule has 25 heavy (non-hydrogen) atoms. The van der Waals surface area contributed by atoms with E-state index in [0.717, 1.165) is 6.07 Å². The van der Waals surface area contributed by atoms with E-state index in [4.69, 9.17) is 16.3 Å². The van der Waals surface area contributed by atoms with Gasteiger partial charge in [-0.25, -0.2) is 0 Å². The monoisotopic (exact) mass is 363 g/mol. The maximum atomic E-state index is 12.6. The van der Waals surface area contributed by atoms with Gasteiger partial charge in [0.1, 0.15) is 17.6 Å². The number of amides is 1. The second-order valence-electron chi connectivity index (χ2n) is 6.22. The minimum atomic E-state index is -0.552. The molecule has 1 aromatic carbocycles. The van der Waals surface area contributed by atoms with E-state index < -0.39 is 11.7 Å². The van der Waals surface area contributed by atoms with Crippen molar-refractivity contribution in [2.75, 3.05) is 0 Å². The van der Waals surface area contributed by atoms with Gasteiger partial charge in [-0.15, -0.1) is 0 Å². The van der Waals surface area contributed by atoms with Crippen molar-refractivity contribution in [2.45, 2.75) is 38.0 Å². The van der Waals surface area contributed by atoms with Gasteiger partial charge < -0.3 is 20.3 Å². The van der Waals surface area contributed by atoms with Gasteiger partial charge in [0.2, 0.25) is 0 Å². The van der Waals surface area contributed by atoms with Crippen molar-refractivity contribution in [1.82, 2.24) is 5.32 Å². The average Bonchev–Trinajstić information content (AvgIpc) is 3.25. The van der Waals surface area contributed by atoms with Gasteiger partial charge in [0.15, 0.2) is 5.78 Å². The third-order valence-electron chi connectivity index (χ3n) is 4.18. The largest absolute Gasteiger partial charge is 0.507 e. The zero-order valence-electron chi connectivity index (χ0n) is 13.5. The molecule has 0 saturated carbocycles. The SMILES string of the molecule is C[C@@H]1CC2O[C@@H]2/C=C\C=C\C(=O)Cc2c(Cl)c(O)cc(O)c2C(=O)N1. The Hall–Kier alpha value is -2.31. The summed E-state index contributed by atoms with van der Waals surface area (Å²) in [6, 6.07) is 0.794. The van der Waals surface area contributed by atoms with Gasteiger partial charge in [-0.2, -0.15) is 0 Å². The molecular weight excluding hydrogens is 346 g/mol. The zero-order valence-corrected chi connectivity index (χ0v) is 14.3. The number of phenols is 2. The molecule has 6 nitrogen and oxygen atoms in total. The fourth-order valence-corrected chi connectivity index (χ4v) is 3.11. The zero-order chi connectivity index (χ0) is 18.1. The molecule has 1 fully saturated rings. The standard InChI is InChI=1S/C18H18ClNO5/c1-9-6-15-14(25-15)5-3-2-4-10(21)7-11-16(18(24)20-9)12(22)8-13(23)17(11)19/h2-5,8-9,14-15,22-23H,6-7H2,1H3,(H,20,24)/b4-2+,5-3-/t9-,14-,15?/m1/s1. The van der Waals surface area contributed by atoms with Crippen molar-refractivity contribution in [2.24, 2.45) is 0 Å². The Morgan fingerprint density at radius 2 is 2.00 bits per heavy atom. The second kappa shape index (κ2) is 6.90. The number of allylic oxidation sites excluding steroid dienone is 3. The van der Waals surface area contributed by atoms with Gasteiger partial charge in [0.05, 0.1) is 16.7 Å². The van der Waals surface area contributed by atoms with Crippen LogP contribution in [0.1, 0.15) is 29.3 Å². The Bertz CT molecular complexity index is 786. The first-order valence-electron chi connectivity index (χ1n) is 7.94. The molecule has 3 N–H and O–H groups in total. The minimum Gasteiger partial charge on any atom is -0.507 e. The lowest BCUT2D eigenvalue weighted by atomic mass is 9.98. The Labute approximate surface area is 149 Å². The number of benzene rings is 1. The van der Waals surface area contributed by atoms with E-state index >= 15 is 0 Å². The summed E-state index contributed by atoms with van der Waals surface area (Å²) < 4.78 is 5.49. The maximum Gasteiger partial charge on any atom is 0.255 e. The summed E-state index contributed by atoms with van der Waals surface area (Å²) in [4.78, 5) is 24.7. The van der Waals surface area contributed by atoms with Gasteiger partial charge in [-0.3, -0.25) is 9.59 Å². The number of ether oxygens (including phenoxy) is 1. The topological polar surface area (TPSA) is 99.2 Å². The highest BCUT2D eigenvalue weighted by Gasteiger charge is 2.37. The number of aromatic hydroxyl groups is 2. The minimum absolute atomic E-state index is 0.00932. The van der Waals surface area contributed by atoms with Crippen LogP contribution in [0, 0.1) is 0 Å². The van der Waals surface area contributed by atoms with Crippen LogP contribution >= 0.6 is 11.6 Å². The number of carbonyl (C=O) groups excluding carboxylic acids is 2. The number of hydrogen-bond acceptors (Lipinski definition) is 5. The lowest BCUT2D eigenvalue weighted by Crippen LogP contribution is -2.34. The van der Waals surface area contributed by atoms with E-state index in [2.05, 4.69) is 5.32 Å². The quantitative estimate of drug-likeness (QED) is 0.614. The van der Waals surface area contributed by atoms with Gasteiger partial charge in [-0.1, -0.05) is 29.8 Å². The molecule has 0 aliphatic carbocycles. The predicted octanol–water partition coefficient (Wildman–Crippen LogP) is 2.26. The van der Waals surface area contributed by atoms with E-state index in [1.54, 1.807) is 12.2 Å². The van der Waals surface area contributed by atoms with E-state index in [9.17, 15) is 19.8 Å². The second-order valence-corrected chi connectivity index (χ2v) is 6.60. The molecule has 2 aliphatic rings. The molecule has 0 bridgehead atoms. The molecular formula is C18H18ClNO5. The third kappa shape index (κ3) is 3.86. The molecule has 132 valence electrons. The molecule has 1 aromatic rings.